The van der Waals surface area contributed by atoms with Gasteiger partial charge in [-0.05, 0) is 75.4 Å². The van der Waals surface area contributed by atoms with E-state index in [-0.39, 0.29) is 5.91 Å². The van der Waals surface area contributed by atoms with Gasteiger partial charge in [0.25, 0.3) is 5.91 Å². The molecule has 2 heterocycles. The summed E-state index contributed by atoms with van der Waals surface area (Å²) >= 11 is 5.99. The maximum atomic E-state index is 13.4. The van der Waals surface area contributed by atoms with Gasteiger partial charge in [0.15, 0.2) is 0 Å². The lowest BCUT2D eigenvalue weighted by Gasteiger charge is -2.12. The Labute approximate surface area is 203 Å². The summed E-state index contributed by atoms with van der Waals surface area (Å²) in [6, 6.07) is 23.1. The number of hydrogen-bond acceptors (Lipinski definition) is 3. The number of benzene rings is 3. The molecule has 0 bridgehead atoms. The first-order valence-electron chi connectivity index (χ1n) is 11.0. The van der Waals surface area contributed by atoms with Crippen LogP contribution in [0.2, 0.25) is 5.02 Å². The third kappa shape index (κ3) is 4.18. The van der Waals surface area contributed by atoms with Crippen molar-refractivity contribution in [3.8, 4) is 16.9 Å². The Hall–Kier alpha value is -3.96. The number of carbonyl (C=O) groups is 1. The van der Waals surface area contributed by atoms with Crippen LogP contribution in [0.3, 0.4) is 0 Å². The zero-order valence-corrected chi connectivity index (χ0v) is 19.9. The standard InChI is InChI=1S/C28H23ClN4O/c1-17-4-11-22(12-5-17)33-19(3)25(16-30-33)27-15-24(23-14-18(2)6-13-26(23)32-27)28(34)31-21-9-7-20(29)8-10-21/h4-16H,1-3H3,(H,31,34). The first kappa shape index (κ1) is 21.9. The molecule has 0 fully saturated rings. The van der Waals surface area contributed by atoms with Crippen LogP contribution in [0.15, 0.2) is 79.0 Å². The van der Waals surface area contributed by atoms with Gasteiger partial charge in [0.1, 0.15) is 0 Å². The second-order valence-electron chi connectivity index (χ2n) is 8.43. The third-order valence-corrected chi connectivity index (χ3v) is 6.13. The van der Waals surface area contributed by atoms with E-state index in [0.29, 0.717) is 22.0 Å². The Kier molecular flexibility index (Phi) is 5.64. The lowest BCUT2D eigenvalue weighted by atomic mass is 10.0. The van der Waals surface area contributed by atoms with Gasteiger partial charge in [0.05, 0.1) is 34.4 Å². The smallest absolute Gasteiger partial charge is 0.256 e. The maximum absolute atomic E-state index is 13.4. The molecule has 34 heavy (non-hydrogen) atoms. The number of carbonyl (C=O) groups excluding carboxylic acids is 1. The molecular weight excluding hydrogens is 444 g/mol. The molecule has 0 saturated heterocycles. The summed E-state index contributed by atoms with van der Waals surface area (Å²) in [6.07, 6.45) is 1.80. The van der Waals surface area contributed by atoms with Crippen LogP contribution >= 0.6 is 11.6 Å². The van der Waals surface area contributed by atoms with Crippen LogP contribution in [0.1, 0.15) is 27.2 Å². The molecule has 2 aromatic heterocycles. The zero-order chi connectivity index (χ0) is 23.8. The molecule has 0 atom stereocenters. The van der Waals surface area contributed by atoms with Crippen molar-refractivity contribution in [2.45, 2.75) is 20.8 Å². The highest BCUT2D eigenvalue weighted by molar-refractivity contribution is 6.30. The first-order valence-corrected chi connectivity index (χ1v) is 11.4. The Morgan fingerprint density at radius 1 is 0.882 bits per heavy atom. The lowest BCUT2D eigenvalue weighted by molar-refractivity contribution is 0.102. The van der Waals surface area contributed by atoms with Crippen molar-refractivity contribution in [1.82, 2.24) is 14.8 Å². The molecule has 1 amide bonds. The van der Waals surface area contributed by atoms with Crippen LogP contribution < -0.4 is 5.32 Å². The number of aromatic nitrogens is 3. The molecule has 0 aliphatic carbocycles. The van der Waals surface area contributed by atoms with Gasteiger partial charge >= 0.3 is 0 Å². The summed E-state index contributed by atoms with van der Waals surface area (Å²) in [5.74, 6) is -0.204. The number of anilines is 1. The van der Waals surface area contributed by atoms with E-state index in [0.717, 1.165) is 33.4 Å². The molecule has 5 aromatic rings. The Morgan fingerprint density at radius 3 is 2.32 bits per heavy atom. The van der Waals surface area contributed by atoms with E-state index in [1.165, 1.54) is 5.56 Å². The number of amides is 1. The van der Waals surface area contributed by atoms with Crippen molar-refractivity contribution in [3.63, 3.8) is 0 Å². The van der Waals surface area contributed by atoms with Gasteiger partial charge in [-0.3, -0.25) is 4.79 Å². The normalized spacial score (nSPS) is 11.1. The van der Waals surface area contributed by atoms with Crippen LogP contribution in [-0.4, -0.2) is 20.7 Å². The molecule has 0 saturated carbocycles. The number of fused-ring (bicyclic) bond motifs is 1. The first-order chi connectivity index (χ1) is 16.4. The fraction of sp³-hybridized carbons (Fsp3) is 0.107. The molecule has 0 spiro atoms. The molecule has 0 aliphatic heterocycles. The molecule has 5 rings (SSSR count). The van der Waals surface area contributed by atoms with Crippen LogP contribution in [0, 0.1) is 20.8 Å². The Morgan fingerprint density at radius 2 is 1.59 bits per heavy atom. The van der Waals surface area contributed by atoms with Crippen molar-refractivity contribution in [2.75, 3.05) is 5.32 Å². The van der Waals surface area contributed by atoms with Gasteiger partial charge in [-0.1, -0.05) is 40.9 Å². The monoisotopic (exact) mass is 466 g/mol. The summed E-state index contributed by atoms with van der Waals surface area (Å²) in [4.78, 5) is 18.2. The number of halogens is 1. The van der Waals surface area contributed by atoms with Crippen molar-refractivity contribution in [3.05, 3.63) is 106 Å². The second kappa shape index (κ2) is 8.76. The number of pyridine rings is 1. The number of aryl methyl sites for hydroxylation is 2. The summed E-state index contributed by atoms with van der Waals surface area (Å²) in [5.41, 5.74) is 7.75. The molecule has 0 unspecified atom stereocenters. The topological polar surface area (TPSA) is 59.8 Å². The highest BCUT2D eigenvalue weighted by Gasteiger charge is 2.18. The van der Waals surface area contributed by atoms with Crippen molar-refractivity contribution in [1.29, 1.82) is 0 Å². The number of nitrogens with zero attached hydrogens (tertiary/aromatic N) is 3. The van der Waals surface area contributed by atoms with E-state index in [4.69, 9.17) is 16.6 Å². The molecule has 168 valence electrons. The molecule has 5 nitrogen and oxygen atoms in total. The molecule has 3 aromatic carbocycles. The zero-order valence-electron chi connectivity index (χ0n) is 19.1. The van der Waals surface area contributed by atoms with Crippen LogP contribution in [0.4, 0.5) is 5.69 Å². The summed E-state index contributed by atoms with van der Waals surface area (Å²) < 4.78 is 1.89. The van der Waals surface area contributed by atoms with Gasteiger partial charge in [-0.15, -0.1) is 0 Å². The summed E-state index contributed by atoms with van der Waals surface area (Å²) in [5, 5.41) is 9.00. The average Bonchev–Trinajstić information content (AvgIpc) is 3.21. The minimum Gasteiger partial charge on any atom is -0.322 e. The summed E-state index contributed by atoms with van der Waals surface area (Å²) in [6.45, 7) is 6.07. The van der Waals surface area contributed by atoms with E-state index in [9.17, 15) is 4.79 Å². The van der Waals surface area contributed by atoms with E-state index < -0.39 is 0 Å². The van der Waals surface area contributed by atoms with E-state index in [2.05, 4.69) is 29.5 Å². The third-order valence-electron chi connectivity index (χ3n) is 5.88. The van der Waals surface area contributed by atoms with Gasteiger partial charge in [-0.25, -0.2) is 9.67 Å². The molecule has 0 radical (unpaired) electrons. The highest BCUT2D eigenvalue weighted by atomic mass is 35.5. The molecule has 1 N–H and O–H groups in total. The predicted octanol–water partition coefficient (Wildman–Crippen LogP) is 6.92. The SMILES string of the molecule is Cc1ccc(-n2ncc(-c3cc(C(=O)Nc4ccc(Cl)cc4)c4cc(C)ccc4n3)c2C)cc1. The van der Waals surface area contributed by atoms with Crippen LogP contribution in [0.5, 0.6) is 0 Å². The Bertz CT molecular complexity index is 1520. The predicted molar refractivity (Wildman–Crippen MR) is 138 cm³/mol. The van der Waals surface area contributed by atoms with E-state index >= 15 is 0 Å². The minimum absolute atomic E-state index is 0.204. The van der Waals surface area contributed by atoms with Crippen LogP contribution in [-0.2, 0) is 0 Å². The molecule has 0 aliphatic rings. The number of hydrogen-bond donors (Lipinski definition) is 1. The fourth-order valence-corrected chi connectivity index (χ4v) is 4.13. The number of rotatable bonds is 4. The lowest BCUT2D eigenvalue weighted by Crippen LogP contribution is -2.13. The van der Waals surface area contributed by atoms with Gasteiger partial charge in [0, 0.05) is 21.7 Å². The van der Waals surface area contributed by atoms with Crippen molar-refractivity contribution < 1.29 is 4.79 Å². The summed E-state index contributed by atoms with van der Waals surface area (Å²) in [7, 11) is 0. The Balaban J connectivity index is 1.60. The van der Waals surface area contributed by atoms with Gasteiger partial charge in [-0.2, -0.15) is 5.10 Å². The fourth-order valence-electron chi connectivity index (χ4n) is 4.00. The van der Waals surface area contributed by atoms with Crippen LogP contribution in [0.25, 0.3) is 27.8 Å². The van der Waals surface area contributed by atoms with E-state index in [1.54, 1.807) is 30.5 Å². The largest absolute Gasteiger partial charge is 0.322 e. The average molecular weight is 467 g/mol. The number of nitrogens with one attached hydrogen (secondary N) is 1. The van der Waals surface area contributed by atoms with Crippen molar-refractivity contribution in [2.24, 2.45) is 0 Å². The van der Waals surface area contributed by atoms with E-state index in [1.807, 2.05) is 54.9 Å². The van der Waals surface area contributed by atoms with Gasteiger partial charge < -0.3 is 5.32 Å². The minimum atomic E-state index is -0.204. The maximum Gasteiger partial charge on any atom is 0.256 e. The van der Waals surface area contributed by atoms with Gasteiger partial charge in [0.2, 0.25) is 0 Å². The molecular formula is C28H23ClN4O. The second-order valence-corrected chi connectivity index (χ2v) is 8.86. The molecule has 6 heteroatoms. The highest BCUT2D eigenvalue weighted by Crippen LogP contribution is 2.29. The van der Waals surface area contributed by atoms with Crippen molar-refractivity contribution >= 4 is 34.1 Å². The quantitative estimate of drug-likeness (QED) is 0.312.